The number of rotatable bonds is 7. The molecule has 11 heteroatoms. The zero-order chi connectivity index (χ0) is 26.4. The SMILES string of the molecule is CC1CCCN(c2cc(Sc3ncccn3)nc(NC(=S)NCC3(c4ccc(Cl)cc4)CCOCC3)n2)C1. The van der Waals surface area contributed by atoms with E-state index in [1.54, 1.807) is 18.5 Å². The van der Waals surface area contributed by atoms with Gasteiger partial charge in [-0.3, -0.25) is 0 Å². The molecule has 1 unspecified atom stereocenters. The van der Waals surface area contributed by atoms with Crippen LogP contribution in [0.4, 0.5) is 11.8 Å². The molecule has 0 radical (unpaired) electrons. The number of nitrogens with zero attached hydrogens (tertiary/aromatic N) is 5. The molecule has 0 saturated carbocycles. The first-order valence-corrected chi connectivity index (χ1v) is 14.6. The summed E-state index contributed by atoms with van der Waals surface area (Å²) in [6, 6.07) is 11.9. The van der Waals surface area contributed by atoms with Gasteiger partial charge in [-0.1, -0.05) is 30.7 Å². The van der Waals surface area contributed by atoms with Crippen molar-refractivity contribution in [3.8, 4) is 0 Å². The normalized spacial score (nSPS) is 19.1. The number of hydrogen-bond donors (Lipinski definition) is 2. The van der Waals surface area contributed by atoms with Crippen molar-refractivity contribution < 1.29 is 4.74 Å². The van der Waals surface area contributed by atoms with E-state index in [2.05, 4.69) is 44.6 Å². The maximum Gasteiger partial charge on any atom is 0.232 e. The van der Waals surface area contributed by atoms with Crippen LogP contribution in [-0.2, 0) is 10.2 Å². The second-order valence-electron chi connectivity index (χ2n) is 9.92. The predicted molar refractivity (Wildman–Crippen MR) is 156 cm³/mol. The first kappa shape index (κ1) is 27.1. The summed E-state index contributed by atoms with van der Waals surface area (Å²) in [4.78, 5) is 20.6. The second-order valence-corrected chi connectivity index (χ2v) is 11.8. The van der Waals surface area contributed by atoms with Crippen molar-refractivity contribution in [2.24, 2.45) is 5.92 Å². The highest BCUT2D eigenvalue weighted by atomic mass is 35.5. The molecule has 0 aliphatic carbocycles. The van der Waals surface area contributed by atoms with Crippen LogP contribution in [0.5, 0.6) is 0 Å². The molecule has 2 aliphatic heterocycles. The number of benzene rings is 1. The Hall–Kier alpha value is -2.53. The number of anilines is 2. The quantitative estimate of drug-likeness (QED) is 0.221. The van der Waals surface area contributed by atoms with Crippen LogP contribution in [0, 0.1) is 5.92 Å². The molecule has 3 aromatic rings. The lowest BCUT2D eigenvalue weighted by Crippen LogP contribution is -2.45. The van der Waals surface area contributed by atoms with Crippen molar-refractivity contribution in [2.75, 3.05) is 43.1 Å². The zero-order valence-corrected chi connectivity index (χ0v) is 23.8. The molecule has 0 bridgehead atoms. The fraction of sp³-hybridized carbons (Fsp3) is 0.444. The lowest BCUT2D eigenvalue weighted by molar-refractivity contribution is 0.0515. The zero-order valence-electron chi connectivity index (χ0n) is 21.4. The summed E-state index contributed by atoms with van der Waals surface area (Å²) < 4.78 is 5.67. The van der Waals surface area contributed by atoms with Gasteiger partial charge in [-0.15, -0.1) is 0 Å². The molecule has 2 aliphatic rings. The standard InChI is InChI=1S/C27H32ClN7OS2/c1-19-4-2-13-35(17-19)22-16-23(38-26-29-11-3-12-30-26)33-24(32-22)34-25(37)31-18-27(9-14-36-15-10-27)20-5-7-21(28)8-6-20/h3,5-8,11-12,16,19H,2,4,9-10,13-15,17-18H2,1H3,(H2,31,32,33,34,37). The van der Waals surface area contributed by atoms with Crippen molar-refractivity contribution >= 4 is 52.5 Å². The molecule has 1 aromatic carbocycles. The summed E-state index contributed by atoms with van der Waals surface area (Å²) in [5.74, 6) is 1.97. The van der Waals surface area contributed by atoms with Gasteiger partial charge in [0, 0.05) is 61.7 Å². The lowest BCUT2D eigenvalue weighted by Gasteiger charge is -2.38. The Labute approximate surface area is 238 Å². The summed E-state index contributed by atoms with van der Waals surface area (Å²) in [6.45, 7) is 6.33. The van der Waals surface area contributed by atoms with E-state index in [9.17, 15) is 0 Å². The minimum absolute atomic E-state index is 0.0904. The third-order valence-corrected chi connectivity index (χ3v) is 8.44. The number of thiocarbonyl (C=S) groups is 1. The summed E-state index contributed by atoms with van der Waals surface area (Å²) in [7, 11) is 0. The summed E-state index contributed by atoms with van der Waals surface area (Å²) in [6.07, 6.45) is 7.65. The van der Waals surface area contributed by atoms with Crippen molar-refractivity contribution in [1.82, 2.24) is 25.3 Å². The minimum Gasteiger partial charge on any atom is -0.381 e. The number of ether oxygens (including phenoxy) is 1. The highest BCUT2D eigenvalue weighted by Gasteiger charge is 2.34. The molecule has 1 atom stereocenters. The monoisotopic (exact) mass is 569 g/mol. The Morgan fingerprint density at radius 2 is 1.95 bits per heavy atom. The first-order valence-electron chi connectivity index (χ1n) is 13.0. The Kier molecular flexibility index (Phi) is 8.93. The molecular formula is C27H32ClN7OS2. The molecule has 2 saturated heterocycles. The van der Waals surface area contributed by atoms with E-state index >= 15 is 0 Å². The van der Waals surface area contributed by atoms with Crippen LogP contribution in [0.1, 0.15) is 38.2 Å². The predicted octanol–water partition coefficient (Wildman–Crippen LogP) is 5.34. The van der Waals surface area contributed by atoms with Crippen LogP contribution >= 0.6 is 35.6 Å². The smallest absolute Gasteiger partial charge is 0.232 e. The highest BCUT2D eigenvalue weighted by molar-refractivity contribution is 7.99. The fourth-order valence-electron chi connectivity index (χ4n) is 5.04. The van der Waals surface area contributed by atoms with E-state index in [4.69, 9.17) is 38.5 Å². The Bertz CT molecular complexity index is 1230. The van der Waals surface area contributed by atoms with Crippen LogP contribution in [0.15, 0.2) is 59.0 Å². The van der Waals surface area contributed by atoms with E-state index in [-0.39, 0.29) is 5.41 Å². The molecule has 8 nitrogen and oxygen atoms in total. The van der Waals surface area contributed by atoms with Crippen LogP contribution in [-0.4, -0.2) is 57.9 Å². The molecule has 2 fully saturated rings. The maximum atomic E-state index is 6.16. The van der Waals surface area contributed by atoms with Crippen molar-refractivity contribution in [2.45, 2.75) is 48.2 Å². The van der Waals surface area contributed by atoms with Gasteiger partial charge in [0.25, 0.3) is 0 Å². The first-order chi connectivity index (χ1) is 18.5. The number of aromatic nitrogens is 4. The number of nitrogens with one attached hydrogen (secondary N) is 2. The molecule has 38 heavy (non-hydrogen) atoms. The molecule has 2 aromatic heterocycles. The van der Waals surface area contributed by atoms with Gasteiger partial charge in [-0.25, -0.2) is 15.0 Å². The average Bonchev–Trinajstić information content (AvgIpc) is 2.93. The summed E-state index contributed by atoms with van der Waals surface area (Å²) >= 11 is 13.3. The third kappa shape index (κ3) is 6.91. The molecular weight excluding hydrogens is 538 g/mol. The van der Waals surface area contributed by atoms with Gasteiger partial charge in [0.2, 0.25) is 5.95 Å². The molecule has 0 amide bonds. The number of halogens is 1. The van der Waals surface area contributed by atoms with E-state index < -0.39 is 0 Å². The minimum atomic E-state index is -0.0904. The van der Waals surface area contributed by atoms with Crippen LogP contribution in [0.2, 0.25) is 5.02 Å². The summed E-state index contributed by atoms with van der Waals surface area (Å²) in [5.41, 5.74) is 1.15. The largest absolute Gasteiger partial charge is 0.381 e. The van der Waals surface area contributed by atoms with Crippen LogP contribution in [0.3, 0.4) is 0 Å². The second kappa shape index (κ2) is 12.5. The fourth-order valence-corrected chi connectivity index (χ4v) is 6.04. The maximum absolute atomic E-state index is 6.16. The van der Waals surface area contributed by atoms with Crippen LogP contribution < -0.4 is 15.5 Å². The molecule has 200 valence electrons. The number of hydrogen-bond acceptors (Lipinski definition) is 8. The van der Waals surface area contributed by atoms with Gasteiger partial charge < -0.3 is 20.3 Å². The third-order valence-electron chi connectivity index (χ3n) is 7.13. The van der Waals surface area contributed by atoms with Crippen molar-refractivity contribution in [3.63, 3.8) is 0 Å². The highest BCUT2D eigenvalue weighted by Crippen LogP contribution is 2.35. The van der Waals surface area contributed by atoms with Crippen LogP contribution in [0.25, 0.3) is 0 Å². The van der Waals surface area contributed by atoms with Gasteiger partial charge in [0.05, 0.1) is 0 Å². The van der Waals surface area contributed by atoms with E-state index in [0.29, 0.717) is 41.9 Å². The molecule has 4 heterocycles. The molecule has 5 rings (SSSR count). The van der Waals surface area contributed by atoms with Gasteiger partial charge in [-0.2, -0.15) is 4.98 Å². The van der Waals surface area contributed by atoms with Gasteiger partial charge in [0.1, 0.15) is 10.8 Å². The Balaban J connectivity index is 1.33. The van der Waals surface area contributed by atoms with Crippen molar-refractivity contribution in [3.05, 3.63) is 59.4 Å². The van der Waals surface area contributed by atoms with Crippen molar-refractivity contribution in [1.29, 1.82) is 0 Å². The summed E-state index contributed by atoms with van der Waals surface area (Å²) in [5, 5.41) is 9.31. The topological polar surface area (TPSA) is 88.1 Å². The van der Waals surface area contributed by atoms with Gasteiger partial charge in [0.15, 0.2) is 10.3 Å². The van der Waals surface area contributed by atoms with E-state index in [0.717, 1.165) is 48.2 Å². The van der Waals surface area contributed by atoms with E-state index in [1.807, 2.05) is 18.2 Å². The molecule has 2 N–H and O–H groups in total. The average molecular weight is 570 g/mol. The Morgan fingerprint density at radius 3 is 2.68 bits per heavy atom. The van der Waals surface area contributed by atoms with Gasteiger partial charge >= 0.3 is 0 Å². The Morgan fingerprint density at radius 1 is 1.18 bits per heavy atom. The number of piperidine rings is 1. The van der Waals surface area contributed by atoms with E-state index in [1.165, 1.54) is 23.7 Å². The molecule has 0 spiro atoms. The van der Waals surface area contributed by atoms with Gasteiger partial charge in [-0.05, 0) is 79.3 Å². The lowest BCUT2D eigenvalue weighted by atomic mass is 9.74.